The minimum Gasteiger partial charge on any atom is -0.512 e. The Balaban J connectivity index is 0.000000347. The van der Waals surface area contributed by atoms with Crippen molar-refractivity contribution in [3.63, 3.8) is 0 Å². The van der Waals surface area contributed by atoms with Gasteiger partial charge in [-0.05, 0) is 54.6 Å². The summed E-state index contributed by atoms with van der Waals surface area (Å²) in [5, 5.41) is 12.7. The van der Waals surface area contributed by atoms with Crippen LogP contribution in [0.4, 0.5) is 4.39 Å². The molecule has 3 aromatic carbocycles. The molecule has 0 saturated carbocycles. The minimum absolute atomic E-state index is 0. The molecular formula is C42H52FIrN2O2S-. The fourth-order valence-electron chi connectivity index (χ4n) is 6.31. The van der Waals surface area contributed by atoms with Gasteiger partial charge in [0, 0.05) is 58.5 Å². The van der Waals surface area contributed by atoms with E-state index in [-0.39, 0.29) is 60.1 Å². The maximum absolute atomic E-state index is 14.1. The number of aliphatic hydroxyl groups is 1. The van der Waals surface area contributed by atoms with Crippen LogP contribution in [0, 0.1) is 29.1 Å². The van der Waals surface area contributed by atoms with Gasteiger partial charge in [-0.3, -0.25) is 9.78 Å². The minimum atomic E-state index is -0.228. The zero-order valence-electron chi connectivity index (χ0n) is 30.8. The first-order valence-corrected chi connectivity index (χ1v) is 18.2. The molecule has 0 aliphatic rings. The second kappa shape index (κ2) is 16.8. The van der Waals surface area contributed by atoms with E-state index in [1.54, 1.807) is 23.7 Å². The van der Waals surface area contributed by atoms with Crippen molar-refractivity contribution in [2.45, 2.75) is 107 Å². The van der Waals surface area contributed by atoms with Crippen LogP contribution in [0.5, 0.6) is 0 Å². The molecular weight excluding hydrogens is 808 g/mol. The van der Waals surface area contributed by atoms with Crippen LogP contribution in [0.15, 0.2) is 60.6 Å². The Bertz CT molecular complexity index is 1930. The van der Waals surface area contributed by atoms with Crippen LogP contribution < -0.4 is 0 Å². The molecule has 2 aromatic heterocycles. The monoisotopic (exact) mass is 860 g/mol. The molecule has 0 bridgehead atoms. The topological polar surface area (TPSA) is 63.1 Å². The van der Waals surface area contributed by atoms with E-state index in [1.165, 1.54) is 22.4 Å². The van der Waals surface area contributed by atoms with Gasteiger partial charge in [-0.15, -0.1) is 40.5 Å². The molecule has 0 amide bonds. The quantitative estimate of drug-likeness (QED) is 0.0911. The summed E-state index contributed by atoms with van der Waals surface area (Å²) in [6, 6.07) is 17.3. The van der Waals surface area contributed by atoms with Crippen molar-refractivity contribution in [1.82, 2.24) is 9.97 Å². The summed E-state index contributed by atoms with van der Waals surface area (Å²) in [5.74, 6) is 0.320. The fourth-order valence-corrected chi connectivity index (χ4v) is 7.54. The summed E-state index contributed by atoms with van der Waals surface area (Å²) in [7, 11) is 0. The Labute approximate surface area is 310 Å². The van der Waals surface area contributed by atoms with Crippen LogP contribution in [0.25, 0.3) is 42.3 Å². The fraction of sp³-hybridized carbons (Fsp3) is 0.452. The van der Waals surface area contributed by atoms with Gasteiger partial charge >= 0.3 is 0 Å². The number of aromatic nitrogens is 2. The van der Waals surface area contributed by atoms with E-state index < -0.39 is 0 Å². The third-order valence-corrected chi connectivity index (χ3v) is 10.2. The van der Waals surface area contributed by atoms with Crippen molar-refractivity contribution in [3.8, 4) is 11.3 Å². The molecule has 4 nitrogen and oxygen atoms in total. The summed E-state index contributed by atoms with van der Waals surface area (Å²) in [4.78, 5) is 21.1. The zero-order chi connectivity index (χ0) is 35.4. The molecule has 1 radical (unpaired) electrons. The first-order valence-electron chi connectivity index (χ1n) is 17.4. The number of hydrogen-bond donors (Lipinski definition) is 1. The maximum Gasteiger partial charge on any atom is 0.162 e. The third-order valence-electron chi connectivity index (χ3n) is 9.03. The largest absolute Gasteiger partial charge is 0.512 e. The molecule has 5 aromatic rings. The number of fused-ring (bicyclic) bond motifs is 4. The molecule has 0 spiro atoms. The van der Waals surface area contributed by atoms with Crippen LogP contribution in [0.2, 0.25) is 0 Å². The predicted octanol–water partition coefficient (Wildman–Crippen LogP) is 12.4. The van der Waals surface area contributed by atoms with E-state index in [9.17, 15) is 14.3 Å². The number of halogens is 1. The Morgan fingerprint density at radius 3 is 2.14 bits per heavy atom. The molecule has 0 atom stereocenters. The van der Waals surface area contributed by atoms with Crippen LogP contribution in [-0.4, -0.2) is 20.9 Å². The van der Waals surface area contributed by atoms with E-state index in [0.717, 1.165) is 75.3 Å². The van der Waals surface area contributed by atoms with Crippen LogP contribution in [0.3, 0.4) is 0 Å². The van der Waals surface area contributed by atoms with E-state index in [0.29, 0.717) is 0 Å². The zero-order valence-corrected chi connectivity index (χ0v) is 34.0. The summed E-state index contributed by atoms with van der Waals surface area (Å²) >= 11 is 1.74. The van der Waals surface area contributed by atoms with Crippen molar-refractivity contribution < 1.29 is 34.4 Å². The summed E-state index contributed by atoms with van der Waals surface area (Å²) in [5.41, 5.74) is 5.30. The van der Waals surface area contributed by atoms with Crippen molar-refractivity contribution in [3.05, 3.63) is 83.6 Å². The number of nitrogens with zero attached hydrogens (tertiary/aromatic N) is 2. The molecule has 0 aliphatic carbocycles. The standard InChI is InChI=1S/C29H28FN2S.C13H24O2.Ir/c1-28(2,3)15-17-7-10-21-24(11-17)33-27-25(31-16-32-26(21)27)19-12-18-8-9-20(30)14-22(18)23(13-19)29(4,5)6;1-5-10(6-2)12(14)9-13(15)11(7-3)8-4;/h7-11,13-14,16H,15H2,1-6H3;9-11,14H,5-8H2,1-4H3;/q-1;;/b;12-9-;. The molecule has 1 N–H and O–H groups in total. The smallest absolute Gasteiger partial charge is 0.162 e. The maximum atomic E-state index is 14.1. The van der Waals surface area contributed by atoms with E-state index in [4.69, 9.17) is 4.98 Å². The molecule has 0 saturated heterocycles. The summed E-state index contributed by atoms with van der Waals surface area (Å²) in [6.07, 6.45) is 7.58. The van der Waals surface area contributed by atoms with E-state index in [1.807, 2.05) is 33.8 Å². The second-order valence-corrected chi connectivity index (χ2v) is 16.2. The molecule has 0 fully saturated rings. The third kappa shape index (κ3) is 9.83. The van der Waals surface area contributed by atoms with Gasteiger partial charge in [-0.1, -0.05) is 104 Å². The van der Waals surface area contributed by atoms with Crippen LogP contribution >= 0.6 is 11.3 Å². The Morgan fingerprint density at radius 2 is 1.55 bits per heavy atom. The molecule has 7 heteroatoms. The number of benzene rings is 3. The van der Waals surface area contributed by atoms with Crippen molar-refractivity contribution in [2.75, 3.05) is 0 Å². The van der Waals surface area contributed by atoms with Gasteiger partial charge in [0.25, 0.3) is 0 Å². The molecule has 0 unspecified atom stereocenters. The second-order valence-electron chi connectivity index (χ2n) is 15.1. The van der Waals surface area contributed by atoms with E-state index in [2.05, 4.69) is 76.9 Å². The summed E-state index contributed by atoms with van der Waals surface area (Å²) in [6.45, 7) is 21.3. The Kier molecular flexibility index (Phi) is 13.9. The van der Waals surface area contributed by atoms with Gasteiger partial charge < -0.3 is 5.11 Å². The molecule has 5 rings (SSSR count). The first kappa shape index (κ1) is 40.4. The van der Waals surface area contributed by atoms with Crippen molar-refractivity contribution in [1.29, 1.82) is 0 Å². The van der Waals surface area contributed by atoms with Gasteiger partial charge in [0.15, 0.2) is 5.78 Å². The van der Waals surface area contributed by atoms with Crippen LogP contribution in [-0.2, 0) is 36.7 Å². The SMILES string of the molecule is CC(C)(C)Cc1ccc2c(c1)sc1c(-c3[c-]c4ccc(F)cc4c(C(C)(C)C)c3)ncnc12.CCC(CC)C(=O)/C=C(\O)C(CC)CC.[Ir]. The van der Waals surface area contributed by atoms with Gasteiger partial charge in [-0.25, -0.2) is 9.37 Å². The number of rotatable bonds is 9. The van der Waals surface area contributed by atoms with Crippen molar-refractivity contribution in [2.24, 2.45) is 17.3 Å². The van der Waals surface area contributed by atoms with Crippen LogP contribution in [0.1, 0.15) is 106 Å². The number of carbonyl (C=O) groups excluding carboxylic acids is 1. The van der Waals surface area contributed by atoms with Gasteiger partial charge in [0.2, 0.25) is 0 Å². The van der Waals surface area contributed by atoms with Gasteiger partial charge in [0.1, 0.15) is 12.1 Å². The number of hydrogen-bond acceptors (Lipinski definition) is 5. The van der Waals surface area contributed by atoms with E-state index >= 15 is 0 Å². The van der Waals surface area contributed by atoms with Crippen molar-refractivity contribution >= 4 is 48.2 Å². The Hall–Kier alpha value is -2.99. The number of carbonyl (C=O) groups is 1. The molecule has 265 valence electrons. The molecule has 49 heavy (non-hydrogen) atoms. The molecule has 0 aliphatic heterocycles. The number of thiophene rings is 1. The summed E-state index contributed by atoms with van der Waals surface area (Å²) < 4.78 is 16.4. The Morgan fingerprint density at radius 1 is 0.898 bits per heavy atom. The number of allylic oxidation sites excluding steroid dienone is 2. The van der Waals surface area contributed by atoms with Gasteiger partial charge in [-0.2, -0.15) is 0 Å². The number of aliphatic hydroxyl groups excluding tert-OH is 1. The normalized spacial score (nSPS) is 12.5. The average Bonchev–Trinajstić information content (AvgIpc) is 3.38. The molecule has 2 heterocycles. The average molecular weight is 860 g/mol. The first-order chi connectivity index (χ1) is 22.6. The number of ketones is 1. The van der Waals surface area contributed by atoms with Gasteiger partial charge in [0.05, 0.1) is 11.3 Å². The predicted molar refractivity (Wildman–Crippen MR) is 202 cm³/mol.